The Morgan fingerprint density at radius 3 is 2.50 bits per heavy atom. The van der Waals surface area contributed by atoms with Crippen LogP contribution in [0.3, 0.4) is 0 Å². The van der Waals surface area contributed by atoms with Crippen LogP contribution in [0.1, 0.15) is 16.7 Å². The minimum absolute atomic E-state index is 0.156. The van der Waals surface area contributed by atoms with Crippen LogP contribution < -0.4 is 15.4 Å². The van der Waals surface area contributed by atoms with E-state index >= 15 is 0 Å². The number of aryl methyl sites for hydroxylation is 1. The van der Waals surface area contributed by atoms with Crippen LogP contribution in [-0.4, -0.2) is 29.4 Å². The molecule has 1 heterocycles. The lowest BCUT2D eigenvalue weighted by molar-refractivity contribution is -0.123. The van der Waals surface area contributed by atoms with Crippen LogP contribution in [0.5, 0.6) is 5.75 Å². The number of imide groups is 1. The molecule has 3 aromatic rings. The van der Waals surface area contributed by atoms with Crippen LogP contribution in [0.15, 0.2) is 78.5 Å². The van der Waals surface area contributed by atoms with E-state index in [4.69, 9.17) is 16.3 Å². The number of carbonyl (C=O) groups excluding carboxylic acids is 3. The van der Waals surface area contributed by atoms with Gasteiger partial charge in [-0.1, -0.05) is 65.7 Å². The first-order valence-corrected chi connectivity index (χ1v) is 10.9. The average molecular weight is 476 g/mol. The number of urea groups is 1. The minimum atomic E-state index is -0.481. The summed E-state index contributed by atoms with van der Waals surface area (Å²) in [5.41, 5.74) is 3.38. The maximum atomic E-state index is 12.7. The van der Waals surface area contributed by atoms with Gasteiger partial charge in [0.15, 0.2) is 6.61 Å². The van der Waals surface area contributed by atoms with E-state index in [0.29, 0.717) is 17.0 Å². The summed E-state index contributed by atoms with van der Waals surface area (Å²) in [7, 11) is 0. The number of benzene rings is 3. The molecule has 7 nitrogen and oxygen atoms in total. The maximum absolute atomic E-state index is 12.7. The van der Waals surface area contributed by atoms with Gasteiger partial charge in [-0.05, 0) is 48.4 Å². The molecule has 4 amide bonds. The van der Waals surface area contributed by atoms with E-state index in [2.05, 4.69) is 10.6 Å². The molecule has 0 saturated carbocycles. The van der Waals surface area contributed by atoms with Gasteiger partial charge in [0.1, 0.15) is 11.4 Å². The number of carbonyl (C=O) groups is 3. The van der Waals surface area contributed by atoms with Gasteiger partial charge < -0.3 is 15.4 Å². The van der Waals surface area contributed by atoms with Crippen molar-refractivity contribution >= 4 is 41.2 Å². The van der Waals surface area contributed by atoms with Crippen molar-refractivity contribution in [3.8, 4) is 5.75 Å². The van der Waals surface area contributed by atoms with Crippen LogP contribution in [-0.2, 0) is 16.1 Å². The highest BCUT2D eigenvalue weighted by Gasteiger charge is 2.33. The fourth-order valence-electron chi connectivity index (χ4n) is 3.35. The number of halogens is 1. The number of rotatable bonds is 7. The molecule has 0 aromatic heterocycles. The lowest BCUT2D eigenvalue weighted by Gasteiger charge is -2.11. The van der Waals surface area contributed by atoms with Crippen LogP contribution in [0.2, 0.25) is 5.02 Å². The van der Waals surface area contributed by atoms with Crippen LogP contribution in [0.25, 0.3) is 6.08 Å². The molecule has 0 radical (unpaired) electrons. The fraction of sp³-hybridized carbons (Fsp3) is 0.115. The zero-order chi connectivity index (χ0) is 24.1. The first-order chi connectivity index (χ1) is 16.4. The zero-order valence-corrected chi connectivity index (χ0v) is 19.1. The first kappa shape index (κ1) is 23.1. The van der Waals surface area contributed by atoms with Crippen molar-refractivity contribution in [2.45, 2.75) is 13.5 Å². The molecule has 172 valence electrons. The van der Waals surface area contributed by atoms with Crippen molar-refractivity contribution in [1.82, 2.24) is 10.2 Å². The molecule has 0 atom stereocenters. The highest BCUT2D eigenvalue weighted by Crippen LogP contribution is 2.27. The third-order valence-electron chi connectivity index (χ3n) is 5.11. The number of hydrogen-bond donors (Lipinski definition) is 2. The van der Waals surface area contributed by atoms with Gasteiger partial charge in [0.25, 0.3) is 11.8 Å². The zero-order valence-electron chi connectivity index (χ0n) is 18.4. The quantitative estimate of drug-likeness (QED) is 0.381. The normalized spacial score (nSPS) is 14.3. The standard InChI is InChI=1S/C26H22ClN3O4/c1-17-7-10-20(11-8-17)28-24(31)16-34-23-12-9-19(13-21(23)27)14-22-25(32)30(26(33)29-22)15-18-5-3-2-4-6-18/h2-14H,15-16H2,1H3,(H,28,31)(H,29,33)/b22-14+. The smallest absolute Gasteiger partial charge is 0.329 e. The number of hydrogen-bond acceptors (Lipinski definition) is 4. The van der Waals surface area contributed by atoms with E-state index in [0.717, 1.165) is 16.0 Å². The summed E-state index contributed by atoms with van der Waals surface area (Å²) in [5, 5.41) is 5.62. The van der Waals surface area contributed by atoms with Gasteiger partial charge in [0.05, 0.1) is 11.6 Å². The molecular weight excluding hydrogens is 454 g/mol. The third-order valence-corrected chi connectivity index (χ3v) is 5.40. The lowest BCUT2D eigenvalue weighted by Crippen LogP contribution is -2.30. The third kappa shape index (κ3) is 5.63. The fourth-order valence-corrected chi connectivity index (χ4v) is 3.59. The molecule has 1 aliphatic rings. The molecule has 1 saturated heterocycles. The molecule has 0 spiro atoms. The Morgan fingerprint density at radius 2 is 1.79 bits per heavy atom. The first-order valence-electron chi connectivity index (χ1n) is 10.6. The predicted molar refractivity (Wildman–Crippen MR) is 130 cm³/mol. The molecule has 3 aromatic carbocycles. The van der Waals surface area contributed by atoms with Gasteiger partial charge in [-0.25, -0.2) is 4.79 Å². The number of amides is 4. The van der Waals surface area contributed by atoms with E-state index in [9.17, 15) is 14.4 Å². The Hall–Kier alpha value is -4.10. The molecular formula is C26H22ClN3O4. The summed E-state index contributed by atoms with van der Waals surface area (Å²) in [6, 6.07) is 21.1. The second kappa shape index (κ2) is 10.2. The number of ether oxygens (including phenoxy) is 1. The van der Waals surface area contributed by atoms with Crippen LogP contribution in [0.4, 0.5) is 10.5 Å². The van der Waals surface area contributed by atoms with E-state index in [1.807, 2.05) is 61.5 Å². The number of anilines is 1. The van der Waals surface area contributed by atoms with Crippen molar-refractivity contribution < 1.29 is 19.1 Å². The van der Waals surface area contributed by atoms with E-state index in [-0.39, 0.29) is 29.8 Å². The monoisotopic (exact) mass is 475 g/mol. The summed E-state index contributed by atoms with van der Waals surface area (Å²) < 4.78 is 5.53. The minimum Gasteiger partial charge on any atom is -0.482 e. The van der Waals surface area contributed by atoms with Crippen molar-refractivity contribution in [2.24, 2.45) is 0 Å². The van der Waals surface area contributed by atoms with E-state index in [1.165, 1.54) is 0 Å². The molecule has 2 N–H and O–H groups in total. The average Bonchev–Trinajstić information content (AvgIpc) is 3.08. The molecule has 8 heteroatoms. The molecule has 1 fully saturated rings. The SMILES string of the molecule is Cc1ccc(NC(=O)COc2ccc(/C=C3/NC(=O)N(Cc4ccccc4)C3=O)cc2Cl)cc1. The Kier molecular flexibility index (Phi) is 6.94. The Labute approximate surface area is 202 Å². The van der Waals surface area contributed by atoms with Gasteiger partial charge in [-0.3, -0.25) is 14.5 Å². The van der Waals surface area contributed by atoms with Gasteiger partial charge in [-0.2, -0.15) is 0 Å². The van der Waals surface area contributed by atoms with Gasteiger partial charge in [0, 0.05) is 5.69 Å². The van der Waals surface area contributed by atoms with Crippen LogP contribution in [0, 0.1) is 6.92 Å². The summed E-state index contributed by atoms with van der Waals surface area (Å²) >= 11 is 6.31. The van der Waals surface area contributed by atoms with E-state index < -0.39 is 11.9 Å². The second-order valence-corrected chi connectivity index (χ2v) is 8.16. The topological polar surface area (TPSA) is 87.7 Å². The van der Waals surface area contributed by atoms with Gasteiger partial charge in [-0.15, -0.1) is 0 Å². The highest BCUT2D eigenvalue weighted by atomic mass is 35.5. The molecule has 4 rings (SSSR count). The van der Waals surface area contributed by atoms with Crippen molar-refractivity contribution in [1.29, 1.82) is 0 Å². The number of nitrogens with zero attached hydrogens (tertiary/aromatic N) is 1. The molecule has 0 aliphatic carbocycles. The molecule has 0 bridgehead atoms. The lowest BCUT2D eigenvalue weighted by atomic mass is 10.1. The molecule has 0 unspecified atom stereocenters. The highest BCUT2D eigenvalue weighted by molar-refractivity contribution is 6.32. The summed E-state index contributed by atoms with van der Waals surface area (Å²) in [6.07, 6.45) is 1.55. The maximum Gasteiger partial charge on any atom is 0.329 e. The summed E-state index contributed by atoms with van der Waals surface area (Å²) in [6.45, 7) is 1.94. The van der Waals surface area contributed by atoms with Crippen molar-refractivity contribution in [3.05, 3.63) is 100 Å². The Balaban J connectivity index is 1.37. The van der Waals surface area contributed by atoms with E-state index in [1.54, 1.807) is 24.3 Å². The summed E-state index contributed by atoms with van der Waals surface area (Å²) in [5.74, 6) is -0.405. The predicted octanol–water partition coefficient (Wildman–Crippen LogP) is 4.76. The number of nitrogens with one attached hydrogen (secondary N) is 2. The largest absolute Gasteiger partial charge is 0.482 e. The van der Waals surface area contributed by atoms with Crippen LogP contribution >= 0.6 is 11.6 Å². The van der Waals surface area contributed by atoms with Crippen molar-refractivity contribution in [2.75, 3.05) is 11.9 Å². The second-order valence-electron chi connectivity index (χ2n) is 7.76. The van der Waals surface area contributed by atoms with Gasteiger partial charge >= 0.3 is 6.03 Å². The van der Waals surface area contributed by atoms with Crippen molar-refractivity contribution in [3.63, 3.8) is 0 Å². The summed E-state index contributed by atoms with van der Waals surface area (Å²) in [4.78, 5) is 38.3. The molecule has 1 aliphatic heterocycles. The molecule has 34 heavy (non-hydrogen) atoms. The Morgan fingerprint density at radius 1 is 1.06 bits per heavy atom. The van der Waals surface area contributed by atoms with Gasteiger partial charge in [0.2, 0.25) is 0 Å². The Bertz CT molecular complexity index is 1260.